The van der Waals surface area contributed by atoms with E-state index in [1.54, 1.807) is 0 Å². The highest BCUT2D eigenvalue weighted by Crippen LogP contribution is 2.42. The second-order valence-electron chi connectivity index (χ2n) is 4.02. The van der Waals surface area contributed by atoms with Gasteiger partial charge in [-0.25, -0.2) is 0 Å². The van der Waals surface area contributed by atoms with Crippen molar-refractivity contribution in [3.8, 4) is 17.0 Å². The topological polar surface area (TPSA) is 22.1 Å². The number of benzene rings is 1. The van der Waals surface area contributed by atoms with Crippen molar-refractivity contribution in [2.24, 2.45) is 0 Å². The van der Waals surface area contributed by atoms with Crippen molar-refractivity contribution in [3.63, 3.8) is 0 Å². The van der Waals surface area contributed by atoms with Crippen molar-refractivity contribution in [2.45, 2.75) is 6.18 Å². The first-order chi connectivity index (χ1) is 9.74. The van der Waals surface area contributed by atoms with Gasteiger partial charge >= 0.3 is 6.18 Å². The summed E-state index contributed by atoms with van der Waals surface area (Å²) in [7, 11) is 1.23. The molecular weight excluding hydrogens is 350 g/mol. The van der Waals surface area contributed by atoms with Gasteiger partial charge in [0.25, 0.3) is 0 Å². The first-order valence-corrected chi connectivity index (χ1v) is 6.63. The van der Waals surface area contributed by atoms with Crippen molar-refractivity contribution < 1.29 is 17.9 Å². The van der Waals surface area contributed by atoms with Gasteiger partial charge in [-0.3, -0.25) is 4.98 Å². The molecule has 1 heterocycles. The monoisotopic (exact) mass is 355 g/mol. The normalized spacial score (nSPS) is 11.6. The molecule has 0 saturated carbocycles. The fraction of sp³-hybridized carbons (Fsp3) is 0.154. The van der Waals surface area contributed by atoms with E-state index < -0.39 is 11.7 Å². The van der Waals surface area contributed by atoms with Crippen LogP contribution in [0.15, 0.2) is 24.4 Å². The van der Waals surface area contributed by atoms with Gasteiger partial charge in [0.05, 0.1) is 22.7 Å². The molecule has 0 aliphatic heterocycles. The van der Waals surface area contributed by atoms with Gasteiger partial charge in [0, 0.05) is 16.8 Å². The SMILES string of the molecule is COc1cc(C(F)(F)F)cnc1-c1c(Cl)cc(Cl)cc1Cl. The van der Waals surface area contributed by atoms with E-state index in [1.807, 2.05) is 0 Å². The third-order valence-corrected chi connectivity index (χ3v) is 3.46. The quantitative estimate of drug-likeness (QED) is 0.685. The van der Waals surface area contributed by atoms with Crippen LogP contribution in [0.2, 0.25) is 15.1 Å². The van der Waals surface area contributed by atoms with Crippen LogP contribution in [0, 0.1) is 0 Å². The Morgan fingerprint density at radius 2 is 1.62 bits per heavy atom. The predicted octanol–water partition coefficient (Wildman–Crippen LogP) is 5.74. The predicted molar refractivity (Wildman–Crippen MR) is 76.3 cm³/mol. The van der Waals surface area contributed by atoms with E-state index in [9.17, 15) is 13.2 Å². The average Bonchev–Trinajstić information content (AvgIpc) is 2.36. The third kappa shape index (κ3) is 3.36. The smallest absolute Gasteiger partial charge is 0.418 e. The number of rotatable bonds is 2. The zero-order valence-corrected chi connectivity index (χ0v) is 12.7. The number of alkyl halides is 3. The summed E-state index contributed by atoms with van der Waals surface area (Å²) < 4.78 is 43.0. The standard InChI is InChI=1S/C13H7Cl3F3NO/c1-21-10-2-6(13(17,18)19)5-20-12(10)11-8(15)3-7(14)4-9(11)16/h2-5H,1H3. The van der Waals surface area contributed by atoms with Crippen LogP contribution in [0.5, 0.6) is 5.75 Å². The van der Waals surface area contributed by atoms with E-state index in [1.165, 1.54) is 19.2 Å². The lowest BCUT2D eigenvalue weighted by Gasteiger charge is -2.14. The maximum absolute atomic E-state index is 12.7. The summed E-state index contributed by atoms with van der Waals surface area (Å²) in [6, 6.07) is 3.68. The largest absolute Gasteiger partial charge is 0.494 e. The molecule has 2 nitrogen and oxygen atoms in total. The molecule has 0 fully saturated rings. The highest BCUT2D eigenvalue weighted by Gasteiger charge is 2.32. The van der Waals surface area contributed by atoms with E-state index in [4.69, 9.17) is 39.5 Å². The first kappa shape index (κ1) is 16.2. The van der Waals surface area contributed by atoms with Crippen LogP contribution in [0.3, 0.4) is 0 Å². The Balaban J connectivity index is 2.65. The zero-order chi connectivity index (χ0) is 15.8. The lowest BCUT2D eigenvalue weighted by Crippen LogP contribution is -2.06. The molecule has 0 bridgehead atoms. The summed E-state index contributed by atoms with van der Waals surface area (Å²) in [5, 5.41) is 0.635. The molecule has 2 rings (SSSR count). The molecule has 2 aromatic rings. The van der Waals surface area contributed by atoms with Gasteiger partial charge in [0.1, 0.15) is 11.4 Å². The second kappa shape index (κ2) is 5.91. The molecule has 0 spiro atoms. The van der Waals surface area contributed by atoms with Crippen molar-refractivity contribution in [3.05, 3.63) is 45.0 Å². The van der Waals surface area contributed by atoms with Gasteiger partial charge in [-0.05, 0) is 18.2 Å². The molecule has 1 aromatic carbocycles. The number of hydrogen-bond acceptors (Lipinski definition) is 2. The Morgan fingerprint density at radius 3 is 2.10 bits per heavy atom. The van der Waals surface area contributed by atoms with Crippen LogP contribution in [-0.4, -0.2) is 12.1 Å². The van der Waals surface area contributed by atoms with Crippen LogP contribution in [-0.2, 0) is 6.18 Å². The van der Waals surface area contributed by atoms with Crippen molar-refractivity contribution >= 4 is 34.8 Å². The van der Waals surface area contributed by atoms with E-state index in [0.717, 1.165) is 6.07 Å². The van der Waals surface area contributed by atoms with Gasteiger partial charge in [0.15, 0.2) is 0 Å². The number of methoxy groups -OCH3 is 1. The van der Waals surface area contributed by atoms with Crippen LogP contribution in [0.4, 0.5) is 13.2 Å². The Hall–Kier alpha value is -1.17. The molecule has 0 unspecified atom stereocenters. The minimum Gasteiger partial charge on any atom is -0.494 e. The Bertz CT molecular complexity index is 666. The molecule has 0 saturated heterocycles. The van der Waals surface area contributed by atoms with E-state index in [0.29, 0.717) is 11.2 Å². The number of ether oxygens (including phenoxy) is 1. The minimum atomic E-state index is -4.52. The Kier molecular flexibility index (Phi) is 4.56. The summed E-state index contributed by atoms with van der Waals surface area (Å²) in [6.45, 7) is 0. The molecular formula is C13H7Cl3F3NO. The van der Waals surface area contributed by atoms with E-state index in [2.05, 4.69) is 4.98 Å². The van der Waals surface area contributed by atoms with Gasteiger partial charge < -0.3 is 4.74 Å². The first-order valence-electron chi connectivity index (χ1n) is 5.50. The maximum atomic E-state index is 12.7. The molecule has 0 amide bonds. The average molecular weight is 357 g/mol. The van der Waals surface area contributed by atoms with Gasteiger partial charge in [-0.2, -0.15) is 13.2 Å². The Morgan fingerprint density at radius 1 is 1.05 bits per heavy atom. The molecule has 21 heavy (non-hydrogen) atoms. The van der Waals surface area contributed by atoms with Crippen molar-refractivity contribution in [1.82, 2.24) is 4.98 Å². The highest BCUT2D eigenvalue weighted by molar-refractivity contribution is 6.41. The number of hydrogen-bond donors (Lipinski definition) is 0. The van der Waals surface area contributed by atoms with Crippen molar-refractivity contribution in [1.29, 1.82) is 0 Å². The molecule has 112 valence electrons. The molecule has 0 atom stereocenters. The highest BCUT2D eigenvalue weighted by atomic mass is 35.5. The molecule has 8 heteroatoms. The summed E-state index contributed by atoms with van der Waals surface area (Å²) in [4.78, 5) is 3.78. The zero-order valence-electron chi connectivity index (χ0n) is 10.4. The lowest BCUT2D eigenvalue weighted by atomic mass is 10.1. The Labute approximate surface area is 133 Å². The van der Waals surface area contributed by atoms with E-state index in [-0.39, 0.29) is 27.1 Å². The van der Waals surface area contributed by atoms with Gasteiger partial charge in [-0.15, -0.1) is 0 Å². The second-order valence-corrected chi connectivity index (χ2v) is 5.27. The van der Waals surface area contributed by atoms with Crippen LogP contribution >= 0.6 is 34.8 Å². The molecule has 1 aromatic heterocycles. The summed E-state index contributed by atoms with van der Waals surface area (Å²) in [6.07, 6.45) is -3.83. The lowest BCUT2D eigenvalue weighted by molar-refractivity contribution is -0.137. The fourth-order valence-corrected chi connectivity index (χ4v) is 2.71. The molecule has 0 aliphatic carbocycles. The maximum Gasteiger partial charge on any atom is 0.418 e. The number of pyridine rings is 1. The summed E-state index contributed by atoms with van der Waals surface area (Å²) in [5.74, 6) is -0.0871. The number of halogens is 6. The number of aromatic nitrogens is 1. The minimum absolute atomic E-state index is 0.0871. The van der Waals surface area contributed by atoms with Crippen LogP contribution in [0.25, 0.3) is 11.3 Å². The van der Waals surface area contributed by atoms with E-state index >= 15 is 0 Å². The van der Waals surface area contributed by atoms with Crippen molar-refractivity contribution in [2.75, 3.05) is 7.11 Å². The van der Waals surface area contributed by atoms with Gasteiger partial charge in [-0.1, -0.05) is 34.8 Å². The molecule has 0 radical (unpaired) electrons. The molecule has 0 aliphatic rings. The van der Waals surface area contributed by atoms with Crippen LogP contribution in [0.1, 0.15) is 5.56 Å². The summed E-state index contributed by atoms with van der Waals surface area (Å²) in [5.41, 5.74) is -0.560. The summed E-state index contributed by atoms with van der Waals surface area (Å²) >= 11 is 17.9. The van der Waals surface area contributed by atoms with Crippen LogP contribution < -0.4 is 4.74 Å². The number of nitrogens with zero attached hydrogens (tertiary/aromatic N) is 1. The molecule has 0 N–H and O–H groups in total. The fourth-order valence-electron chi connectivity index (χ4n) is 1.71. The third-order valence-electron chi connectivity index (χ3n) is 2.64. The van der Waals surface area contributed by atoms with Gasteiger partial charge in [0.2, 0.25) is 0 Å².